The summed E-state index contributed by atoms with van der Waals surface area (Å²) in [6.45, 7) is 7.23. The van der Waals surface area contributed by atoms with Crippen molar-refractivity contribution in [3.05, 3.63) is 59.2 Å². The maximum Gasteiger partial charge on any atom is 0.0644 e. The summed E-state index contributed by atoms with van der Waals surface area (Å²) < 4.78 is 0. The van der Waals surface area contributed by atoms with Gasteiger partial charge in [0.15, 0.2) is 0 Å². The number of para-hydroxylation sites is 1. The van der Waals surface area contributed by atoms with Gasteiger partial charge in [0.2, 0.25) is 0 Å². The Kier molecular flexibility index (Phi) is 4.00. The van der Waals surface area contributed by atoms with Crippen LogP contribution < -0.4 is 9.80 Å². The molecule has 0 bridgehead atoms. The predicted octanol–water partition coefficient (Wildman–Crippen LogP) is 4.59. The molecule has 29 heavy (non-hydrogen) atoms. The molecule has 3 nitrogen and oxygen atoms in total. The Bertz CT molecular complexity index is 931. The van der Waals surface area contributed by atoms with Crippen LogP contribution in [0.4, 0.5) is 11.4 Å². The van der Waals surface area contributed by atoms with Crippen LogP contribution in [-0.2, 0) is 6.42 Å². The Morgan fingerprint density at radius 2 is 1.93 bits per heavy atom. The molecule has 1 aliphatic carbocycles. The molecule has 6 rings (SSSR count). The van der Waals surface area contributed by atoms with E-state index in [4.69, 9.17) is 0 Å². The Hall–Kier alpha value is -2.00. The second-order valence-corrected chi connectivity index (χ2v) is 9.92. The molecule has 3 heteroatoms. The average molecular weight is 388 g/mol. The SMILES string of the molecule is Cc1ccccc1CCCN1CCC2C(C1)c1cccc3c1N2CC1(CC1)N3C. The molecule has 2 unspecified atom stereocenters. The maximum absolute atomic E-state index is 2.83. The molecule has 2 atom stereocenters. The third-order valence-corrected chi connectivity index (χ3v) is 8.34. The fourth-order valence-electron chi connectivity index (χ4n) is 6.38. The Morgan fingerprint density at radius 3 is 2.76 bits per heavy atom. The quantitative estimate of drug-likeness (QED) is 0.760. The minimum Gasteiger partial charge on any atom is -0.365 e. The van der Waals surface area contributed by atoms with E-state index in [0.717, 1.165) is 6.04 Å². The van der Waals surface area contributed by atoms with E-state index in [1.54, 1.807) is 11.3 Å². The van der Waals surface area contributed by atoms with Crippen LogP contribution in [0, 0.1) is 6.92 Å². The number of likely N-dealkylation sites (N-methyl/N-ethyl adjacent to an activating group) is 1. The van der Waals surface area contributed by atoms with Gasteiger partial charge in [0, 0.05) is 38.6 Å². The van der Waals surface area contributed by atoms with Crippen molar-refractivity contribution in [2.24, 2.45) is 0 Å². The largest absolute Gasteiger partial charge is 0.365 e. The minimum absolute atomic E-state index is 0.436. The van der Waals surface area contributed by atoms with Gasteiger partial charge in [0.25, 0.3) is 0 Å². The molecule has 3 heterocycles. The van der Waals surface area contributed by atoms with Crippen LogP contribution in [0.1, 0.15) is 48.3 Å². The summed E-state index contributed by atoms with van der Waals surface area (Å²) in [4.78, 5) is 8.18. The van der Waals surface area contributed by atoms with E-state index >= 15 is 0 Å². The highest BCUT2D eigenvalue weighted by atomic mass is 15.4. The van der Waals surface area contributed by atoms with Gasteiger partial charge in [-0.05, 0) is 68.3 Å². The van der Waals surface area contributed by atoms with Gasteiger partial charge in [-0.2, -0.15) is 0 Å². The summed E-state index contributed by atoms with van der Waals surface area (Å²) in [7, 11) is 2.33. The first-order chi connectivity index (χ1) is 14.2. The van der Waals surface area contributed by atoms with Crippen LogP contribution in [0.3, 0.4) is 0 Å². The molecular formula is C26H33N3. The summed E-state index contributed by atoms with van der Waals surface area (Å²) in [6.07, 6.45) is 6.53. The summed E-state index contributed by atoms with van der Waals surface area (Å²) in [5, 5.41) is 0. The smallest absolute Gasteiger partial charge is 0.0644 e. The number of piperidine rings is 1. The fourth-order valence-corrected chi connectivity index (χ4v) is 6.38. The van der Waals surface area contributed by atoms with Gasteiger partial charge in [-0.3, -0.25) is 0 Å². The predicted molar refractivity (Wildman–Crippen MR) is 121 cm³/mol. The first kappa shape index (κ1) is 17.8. The van der Waals surface area contributed by atoms with Gasteiger partial charge >= 0.3 is 0 Å². The molecule has 2 fully saturated rings. The van der Waals surface area contributed by atoms with Crippen molar-refractivity contribution in [2.75, 3.05) is 43.0 Å². The van der Waals surface area contributed by atoms with Crippen molar-refractivity contribution in [3.63, 3.8) is 0 Å². The zero-order chi connectivity index (χ0) is 19.6. The van der Waals surface area contributed by atoms with Crippen molar-refractivity contribution < 1.29 is 0 Å². The molecule has 1 saturated carbocycles. The molecule has 0 radical (unpaired) electrons. The van der Waals surface area contributed by atoms with Crippen molar-refractivity contribution in [3.8, 4) is 0 Å². The molecule has 152 valence electrons. The first-order valence-corrected chi connectivity index (χ1v) is 11.6. The number of likely N-dealkylation sites (tertiary alicyclic amines) is 1. The number of nitrogens with zero attached hydrogens (tertiary/aromatic N) is 3. The third-order valence-electron chi connectivity index (χ3n) is 8.34. The lowest BCUT2D eigenvalue weighted by Crippen LogP contribution is -2.54. The number of anilines is 2. The second-order valence-electron chi connectivity index (χ2n) is 9.92. The van der Waals surface area contributed by atoms with Crippen LogP contribution in [0.25, 0.3) is 0 Å². The van der Waals surface area contributed by atoms with Crippen molar-refractivity contribution in [1.82, 2.24) is 4.90 Å². The van der Waals surface area contributed by atoms with Gasteiger partial charge in [-0.1, -0.05) is 36.4 Å². The van der Waals surface area contributed by atoms with E-state index in [2.05, 4.69) is 71.1 Å². The summed E-state index contributed by atoms with van der Waals surface area (Å²) in [6, 6.07) is 16.7. The van der Waals surface area contributed by atoms with E-state index in [1.807, 2.05) is 0 Å². The van der Waals surface area contributed by atoms with Gasteiger partial charge in [0.05, 0.1) is 16.9 Å². The molecule has 1 spiro atoms. The molecular weight excluding hydrogens is 354 g/mol. The average Bonchev–Trinajstić information content (AvgIpc) is 3.45. The lowest BCUT2D eigenvalue weighted by molar-refractivity contribution is 0.190. The number of benzene rings is 2. The van der Waals surface area contributed by atoms with E-state index in [9.17, 15) is 0 Å². The molecule has 1 saturated heterocycles. The second kappa shape index (κ2) is 6.50. The first-order valence-electron chi connectivity index (χ1n) is 11.6. The number of fused-ring (bicyclic) bond motifs is 3. The van der Waals surface area contributed by atoms with Crippen LogP contribution in [0.15, 0.2) is 42.5 Å². The summed E-state index contributed by atoms with van der Waals surface area (Å²) >= 11 is 0. The van der Waals surface area contributed by atoms with Crippen LogP contribution >= 0.6 is 0 Å². The number of hydrogen-bond acceptors (Lipinski definition) is 3. The lowest BCUT2D eigenvalue weighted by atomic mass is 9.89. The van der Waals surface area contributed by atoms with Gasteiger partial charge in [-0.15, -0.1) is 0 Å². The normalized spacial score (nSPS) is 26.6. The van der Waals surface area contributed by atoms with Crippen LogP contribution in [0.2, 0.25) is 0 Å². The number of hydrogen-bond donors (Lipinski definition) is 0. The molecule has 2 aromatic rings. The van der Waals surface area contributed by atoms with Crippen molar-refractivity contribution >= 4 is 11.4 Å². The molecule has 4 aliphatic rings. The topological polar surface area (TPSA) is 9.72 Å². The fraction of sp³-hybridized carbons (Fsp3) is 0.538. The standard InChI is InChI=1S/C26H33N3/c1-19-7-3-4-8-20(19)9-6-15-28-16-12-23-22(17-28)21-10-5-11-24-25(21)29(23)18-26(13-14-26)27(24)2/h3-5,7-8,10-11,22-23H,6,9,12-18H2,1-2H3. The van der Waals surface area contributed by atoms with Crippen LogP contribution in [-0.4, -0.2) is 49.7 Å². The zero-order valence-corrected chi connectivity index (χ0v) is 17.9. The van der Waals surface area contributed by atoms with E-state index in [-0.39, 0.29) is 0 Å². The lowest BCUT2D eigenvalue weighted by Gasteiger charge is -2.46. The van der Waals surface area contributed by atoms with E-state index in [0.29, 0.717) is 11.5 Å². The molecule has 3 aliphatic heterocycles. The van der Waals surface area contributed by atoms with Gasteiger partial charge in [-0.25, -0.2) is 0 Å². The Morgan fingerprint density at radius 1 is 1.07 bits per heavy atom. The van der Waals surface area contributed by atoms with Crippen LogP contribution in [0.5, 0.6) is 0 Å². The maximum atomic E-state index is 2.83. The zero-order valence-electron chi connectivity index (χ0n) is 17.9. The highest BCUT2D eigenvalue weighted by Gasteiger charge is 2.56. The molecule has 0 aromatic heterocycles. The van der Waals surface area contributed by atoms with Gasteiger partial charge in [0.1, 0.15) is 0 Å². The summed E-state index contributed by atoms with van der Waals surface area (Å²) in [5.74, 6) is 0.694. The number of aryl methyl sites for hydroxylation is 2. The van der Waals surface area contributed by atoms with E-state index in [1.165, 1.54) is 75.1 Å². The highest BCUT2D eigenvalue weighted by Crippen LogP contribution is 2.57. The minimum atomic E-state index is 0.436. The molecule has 0 amide bonds. The summed E-state index contributed by atoms with van der Waals surface area (Å²) in [5.41, 5.74) is 8.09. The van der Waals surface area contributed by atoms with Crippen molar-refractivity contribution in [1.29, 1.82) is 0 Å². The molecule has 2 aromatic carbocycles. The third kappa shape index (κ3) is 2.73. The molecule has 0 N–H and O–H groups in total. The Balaban J connectivity index is 1.18. The number of rotatable bonds is 4. The Labute approximate surface area is 175 Å². The van der Waals surface area contributed by atoms with E-state index < -0.39 is 0 Å². The highest BCUT2D eigenvalue weighted by molar-refractivity contribution is 5.82. The van der Waals surface area contributed by atoms with Crippen molar-refractivity contribution in [2.45, 2.75) is 56.5 Å². The van der Waals surface area contributed by atoms with Gasteiger partial charge < -0.3 is 14.7 Å². The monoisotopic (exact) mass is 387 g/mol.